The van der Waals surface area contributed by atoms with E-state index in [9.17, 15) is 9.59 Å². The fourth-order valence-electron chi connectivity index (χ4n) is 3.78. The molecule has 0 saturated carbocycles. The van der Waals surface area contributed by atoms with E-state index in [0.717, 1.165) is 28.0 Å². The third-order valence-electron chi connectivity index (χ3n) is 5.68. The van der Waals surface area contributed by atoms with Gasteiger partial charge in [-0.15, -0.1) is 11.8 Å². The maximum atomic E-state index is 12.5. The summed E-state index contributed by atoms with van der Waals surface area (Å²) >= 11 is 7.58. The van der Waals surface area contributed by atoms with Crippen LogP contribution in [0.5, 0.6) is 5.75 Å². The summed E-state index contributed by atoms with van der Waals surface area (Å²) in [7, 11) is 0. The Morgan fingerprint density at radius 3 is 2.56 bits per heavy atom. The second-order valence-electron chi connectivity index (χ2n) is 8.31. The van der Waals surface area contributed by atoms with Gasteiger partial charge in [-0.25, -0.2) is 0 Å². The molecule has 1 aliphatic heterocycles. The molecular formula is C27H27ClN2O3S. The predicted octanol–water partition coefficient (Wildman–Crippen LogP) is 5.54. The first-order chi connectivity index (χ1) is 16.4. The highest BCUT2D eigenvalue weighted by Gasteiger charge is 2.32. The van der Waals surface area contributed by atoms with Gasteiger partial charge in [0.1, 0.15) is 17.7 Å². The average molecular weight is 495 g/mol. The number of halogens is 1. The number of nitrogens with one attached hydrogen (secondary N) is 1. The van der Waals surface area contributed by atoms with Gasteiger partial charge in [-0.05, 0) is 66.4 Å². The molecule has 5 nitrogen and oxygen atoms in total. The standard InChI is InChI=1S/C27H27ClN2O3S/c1-18-3-4-19(2)24(15-18)33-14-13-29-26(32)21-7-9-22(10-8-21)27-30(25(31)17-34-27)16-20-5-11-23(28)12-6-20/h3-12,15,27H,13-14,16-17H2,1-2H3,(H,29,32). The van der Waals surface area contributed by atoms with E-state index in [1.807, 2.05) is 73.3 Å². The molecule has 0 radical (unpaired) electrons. The molecule has 1 unspecified atom stereocenters. The molecule has 34 heavy (non-hydrogen) atoms. The quantitative estimate of drug-likeness (QED) is 0.418. The van der Waals surface area contributed by atoms with Crippen molar-refractivity contribution in [3.63, 3.8) is 0 Å². The van der Waals surface area contributed by atoms with Crippen LogP contribution in [0.1, 0.15) is 38.0 Å². The second-order valence-corrected chi connectivity index (χ2v) is 9.81. The average Bonchev–Trinajstić information content (AvgIpc) is 3.20. The molecule has 7 heteroatoms. The van der Waals surface area contributed by atoms with Gasteiger partial charge in [-0.1, -0.05) is 48.0 Å². The number of rotatable bonds is 8. The Balaban J connectivity index is 1.32. The fourth-order valence-corrected chi connectivity index (χ4v) is 5.09. The summed E-state index contributed by atoms with van der Waals surface area (Å²) < 4.78 is 5.81. The Kier molecular flexibility index (Phi) is 7.80. The van der Waals surface area contributed by atoms with E-state index in [2.05, 4.69) is 5.32 Å². The summed E-state index contributed by atoms with van der Waals surface area (Å²) in [4.78, 5) is 26.9. The number of hydrogen-bond acceptors (Lipinski definition) is 4. The molecule has 0 spiro atoms. The van der Waals surface area contributed by atoms with Crippen molar-refractivity contribution in [3.05, 3.63) is 99.6 Å². The van der Waals surface area contributed by atoms with Crippen molar-refractivity contribution in [1.29, 1.82) is 0 Å². The van der Waals surface area contributed by atoms with E-state index in [4.69, 9.17) is 16.3 Å². The number of nitrogens with zero attached hydrogens (tertiary/aromatic N) is 1. The van der Waals surface area contributed by atoms with E-state index < -0.39 is 0 Å². The first-order valence-electron chi connectivity index (χ1n) is 11.1. The lowest BCUT2D eigenvalue weighted by molar-refractivity contribution is -0.128. The van der Waals surface area contributed by atoms with E-state index in [-0.39, 0.29) is 17.2 Å². The minimum absolute atomic E-state index is 0.0775. The Morgan fingerprint density at radius 2 is 1.82 bits per heavy atom. The first-order valence-corrected chi connectivity index (χ1v) is 12.6. The predicted molar refractivity (Wildman–Crippen MR) is 137 cm³/mol. The smallest absolute Gasteiger partial charge is 0.251 e. The number of thioether (sulfide) groups is 1. The minimum atomic E-state index is -0.149. The lowest BCUT2D eigenvalue weighted by atomic mass is 10.1. The summed E-state index contributed by atoms with van der Waals surface area (Å²) in [6, 6.07) is 21.1. The van der Waals surface area contributed by atoms with E-state index in [1.54, 1.807) is 23.9 Å². The van der Waals surface area contributed by atoms with Crippen LogP contribution in [0.4, 0.5) is 0 Å². The summed E-state index contributed by atoms with van der Waals surface area (Å²) in [5, 5.41) is 3.50. The van der Waals surface area contributed by atoms with Crippen molar-refractivity contribution in [1.82, 2.24) is 10.2 Å². The Labute approximate surface area is 209 Å². The largest absolute Gasteiger partial charge is 0.491 e. The van der Waals surface area contributed by atoms with Crippen LogP contribution in [0.2, 0.25) is 5.02 Å². The SMILES string of the molecule is Cc1ccc(C)c(OCCNC(=O)c2ccc(C3SCC(=O)N3Cc3ccc(Cl)cc3)cc2)c1. The summed E-state index contributed by atoms with van der Waals surface area (Å²) in [6.45, 7) is 5.36. The lowest BCUT2D eigenvalue weighted by Crippen LogP contribution is -2.28. The third kappa shape index (κ3) is 5.93. The topological polar surface area (TPSA) is 58.6 Å². The highest BCUT2D eigenvalue weighted by molar-refractivity contribution is 8.00. The highest BCUT2D eigenvalue weighted by atomic mass is 35.5. The van der Waals surface area contributed by atoms with Gasteiger partial charge in [0.2, 0.25) is 5.91 Å². The molecule has 3 aromatic rings. The van der Waals surface area contributed by atoms with Gasteiger partial charge in [0.15, 0.2) is 0 Å². The molecular weight excluding hydrogens is 468 g/mol. The molecule has 0 aliphatic carbocycles. The van der Waals surface area contributed by atoms with Crippen LogP contribution in [0.3, 0.4) is 0 Å². The normalized spacial score (nSPS) is 15.4. The Bertz CT molecular complexity index is 1170. The molecule has 1 fully saturated rings. The van der Waals surface area contributed by atoms with E-state index in [0.29, 0.717) is 36.0 Å². The molecule has 1 saturated heterocycles. The minimum Gasteiger partial charge on any atom is -0.491 e. The zero-order valence-electron chi connectivity index (χ0n) is 19.2. The van der Waals surface area contributed by atoms with Gasteiger partial charge >= 0.3 is 0 Å². The molecule has 0 aromatic heterocycles. The molecule has 1 N–H and O–H groups in total. The van der Waals surface area contributed by atoms with Gasteiger partial charge in [0, 0.05) is 17.1 Å². The number of aryl methyl sites for hydroxylation is 2. The zero-order chi connectivity index (χ0) is 24.1. The maximum absolute atomic E-state index is 12.5. The maximum Gasteiger partial charge on any atom is 0.251 e. The number of ether oxygens (including phenoxy) is 1. The van der Waals surface area contributed by atoms with Crippen LogP contribution in [0, 0.1) is 13.8 Å². The molecule has 3 aromatic carbocycles. The summed E-state index contributed by atoms with van der Waals surface area (Å²) in [5.41, 5.74) is 4.82. The number of hydrogen-bond donors (Lipinski definition) is 1. The van der Waals surface area contributed by atoms with Crippen molar-refractivity contribution in [3.8, 4) is 5.75 Å². The summed E-state index contributed by atoms with van der Waals surface area (Å²) in [6.07, 6.45) is 0. The lowest BCUT2D eigenvalue weighted by Gasteiger charge is -2.24. The van der Waals surface area contributed by atoms with E-state index in [1.165, 1.54) is 0 Å². The second kappa shape index (κ2) is 11.0. The van der Waals surface area contributed by atoms with Crippen LogP contribution < -0.4 is 10.1 Å². The number of benzene rings is 3. The fraction of sp³-hybridized carbons (Fsp3) is 0.259. The molecule has 1 aliphatic rings. The zero-order valence-corrected chi connectivity index (χ0v) is 20.8. The van der Waals surface area contributed by atoms with Crippen LogP contribution in [-0.2, 0) is 11.3 Å². The Hall–Kier alpha value is -2.96. The molecule has 1 heterocycles. The first kappa shape index (κ1) is 24.2. The molecule has 176 valence electrons. The van der Waals surface area contributed by atoms with Crippen LogP contribution in [0.15, 0.2) is 66.7 Å². The van der Waals surface area contributed by atoms with Gasteiger partial charge < -0.3 is 15.0 Å². The third-order valence-corrected chi connectivity index (χ3v) is 7.19. The van der Waals surface area contributed by atoms with Crippen molar-refractivity contribution in [2.75, 3.05) is 18.9 Å². The van der Waals surface area contributed by atoms with Crippen molar-refractivity contribution < 1.29 is 14.3 Å². The van der Waals surface area contributed by atoms with Crippen molar-refractivity contribution in [2.45, 2.75) is 25.8 Å². The van der Waals surface area contributed by atoms with Gasteiger partial charge in [-0.2, -0.15) is 0 Å². The summed E-state index contributed by atoms with van der Waals surface area (Å²) in [5.74, 6) is 1.24. The Morgan fingerprint density at radius 1 is 1.09 bits per heavy atom. The van der Waals surface area contributed by atoms with Crippen molar-refractivity contribution >= 4 is 35.2 Å². The number of amides is 2. The monoisotopic (exact) mass is 494 g/mol. The molecule has 4 rings (SSSR count). The number of carbonyl (C=O) groups excluding carboxylic acids is 2. The molecule has 2 amide bonds. The van der Waals surface area contributed by atoms with Gasteiger partial charge in [0.25, 0.3) is 5.91 Å². The van der Waals surface area contributed by atoms with Crippen LogP contribution >= 0.6 is 23.4 Å². The van der Waals surface area contributed by atoms with Crippen molar-refractivity contribution in [2.24, 2.45) is 0 Å². The highest BCUT2D eigenvalue weighted by Crippen LogP contribution is 2.39. The van der Waals surface area contributed by atoms with Gasteiger partial charge in [0.05, 0.1) is 12.3 Å². The van der Waals surface area contributed by atoms with Crippen LogP contribution in [-0.4, -0.2) is 35.6 Å². The van der Waals surface area contributed by atoms with Gasteiger partial charge in [-0.3, -0.25) is 9.59 Å². The molecule has 1 atom stereocenters. The number of carbonyl (C=O) groups is 2. The molecule has 0 bridgehead atoms. The van der Waals surface area contributed by atoms with E-state index >= 15 is 0 Å². The van der Waals surface area contributed by atoms with Crippen LogP contribution in [0.25, 0.3) is 0 Å².